The molecule has 2 aromatic rings. The molecule has 0 atom stereocenters. The molecule has 1 aromatic heterocycles. The van der Waals surface area contributed by atoms with E-state index in [9.17, 15) is 0 Å². The van der Waals surface area contributed by atoms with Gasteiger partial charge in [-0.15, -0.1) is 0 Å². The van der Waals surface area contributed by atoms with Crippen LogP contribution in [0.15, 0.2) is 42.6 Å². The van der Waals surface area contributed by atoms with Crippen molar-refractivity contribution in [3.05, 3.63) is 53.3 Å². The lowest BCUT2D eigenvalue weighted by molar-refractivity contribution is 0.516. The van der Waals surface area contributed by atoms with Crippen molar-refractivity contribution >= 4 is 11.6 Å². The summed E-state index contributed by atoms with van der Waals surface area (Å²) in [6.07, 6.45) is 7.49. The van der Waals surface area contributed by atoms with E-state index in [2.05, 4.69) is 40.3 Å². The van der Waals surface area contributed by atoms with Gasteiger partial charge in [0.05, 0.1) is 0 Å². The second kappa shape index (κ2) is 5.81. The molecule has 0 unspecified atom stereocenters. The van der Waals surface area contributed by atoms with Crippen LogP contribution < -0.4 is 5.32 Å². The molecule has 2 nitrogen and oxygen atoms in total. The number of hydrogen-bond acceptors (Lipinski definition) is 1. The molecule has 19 heavy (non-hydrogen) atoms. The Morgan fingerprint density at radius 3 is 2.58 bits per heavy atom. The van der Waals surface area contributed by atoms with Gasteiger partial charge in [-0.25, -0.2) is 0 Å². The summed E-state index contributed by atoms with van der Waals surface area (Å²) in [6, 6.07) is 13.0. The third-order valence-corrected chi connectivity index (χ3v) is 4.12. The number of rotatable bonds is 4. The third-order valence-electron chi connectivity index (χ3n) is 3.87. The maximum atomic E-state index is 5.94. The summed E-state index contributed by atoms with van der Waals surface area (Å²) in [5, 5.41) is 4.44. The Kier molecular flexibility index (Phi) is 3.90. The van der Waals surface area contributed by atoms with E-state index in [0.717, 1.165) is 17.3 Å². The first-order chi connectivity index (χ1) is 9.33. The summed E-state index contributed by atoms with van der Waals surface area (Å²) >= 11 is 5.94. The standard InChI is InChI=1S/C16H19ClN2/c17-13-7-9-15(10-8-13)19-11-3-6-16(19)12-18-14-4-1-2-5-14/h3,6-11,14,18H,1-2,4-5,12H2. The predicted molar refractivity (Wildman–Crippen MR) is 79.9 cm³/mol. The summed E-state index contributed by atoms with van der Waals surface area (Å²) in [7, 11) is 0. The average Bonchev–Trinajstić information content (AvgIpc) is 3.08. The van der Waals surface area contributed by atoms with Crippen molar-refractivity contribution in [3.63, 3.8) is 0 Å². The van der Waals surface area contributed by atoms with Crippen LogP contribution in [0.4, 0.5) is 0 Å². The van der Waals surface area contributed by atoms with Crippen molar-refractivity contribution in [2.75, 3.05) is 0 Å². The highest BCUT2D eigenvalue weighted by Crippen LogP contribution is 2.19. The van der Waals surface area contributed by atoms with Gasteiger partial charge in [-0.3, -0.25) is 0 Å². The van der Waals surface area contributed by atoms with Crippen LogP contribution in [0.3, 0.4) is 0 Å². The molecular formula is C16H19ClN2. The molecule has 0 saturated heterocycles. The van der Waals surface area contributed by atoms with E-state index < -0.39 is 0 Å². The molecular weight excluding hydrogens is 256 g/mol. The fraction of sp³-hybridized carbons (Fsp3) is 0.375. The summed E-state index contributed by atoms with van der Waals surface area (Å²) in [6.45, 7) is 0.931. The average molecular weight is 275 g/mol. The minimum atomic E-state index is 0.702. The van der Waals surface area contributed by atoms with Crippen LogP contribution in [0.5, 0.6) is 0 Å². The second-order valence-electron chi connectivity index (χ2n) is 5.21. The quantitative estimate of drug-likeness (QED) is 0.886. The molecule has 3 heteroatoms. The van der Waals surface area contributed by atoms with Crippen molar-refractivity contribution in [3.8, 4) is 5.69 Å². The van der Waals surface area contributed by atoms with E-state index in [1.807, 2.05) is 12.1 Å². The van der Waals surface area contributed by atoms with E-state index in [0.29, 0.717) is 6.04 Å². The third kappa shape index (κ3) is 3.02. The highest BCUT2D eigenvalue weighted by Gasteiger charge is 2.14. The predicted octanol–water partition coefficient (Wildman–Crippen LogP) is 4.16. The van der Waals surface area contributed by atoms with Crippen LogP contribution in [0.25, 0.3) is 5.69 Å². The van der Waals surface area contributed by atoms with Gasteiger partial charge in [0.2, 0.25) is 0 Å². The number of hydrogen-bond donors (Lipinski definition) is 1. The molecule has 3 rings (SSSR count). The molecule has 0 radical (unpaired) electrons. The number of halogens is 1. The molecule has 1 heterocycles. The Bertz CT molecular complexity index is 524. The molecule has 1 fully saturated rings. The van der Waals surface area contributed by atoms with Gasteiger partial charge in [-0.2, -0.15) is 0 Å². The van der Waals surface area contributed by atoms with Gasteiger partial charge in [0, 0.05) is 35.2 Å². The molecule has 0 amide bonds. The van der Waals surface area contributed by atoms with Crippen LogP contribution in [0, 0.1) is 0 Å². The lowest BCUT2D eigenvalue weighted by atomic mass is 10.2. The second-order valence-corrected chi connectivity index (χ2v) is 5.64. The highest BCUT2D eigenvalue weighted by molar-refractivity contribution is 6.30. The van der Waals surface area contributed by atoms with Gasteiger partial charge in [0.15, 0.2) is 0 Å². The van der Waals surface area contributed by atoms with Crippen LogP contribution in [-0.2, 0) is 6.54 Å². The lowest BCUT2D eigenvalue weighted by Crippen LogP contribution is -2.26. The van der Waals surface area contributed by atoms with Crippen molar-refractivity contribution in [1.29, 1.82) is 0 Å². The van der Waals surface area contributed by atoms with E-state index in [4.69, 9.17) is 11.6 Å². The number of aromatic nitrogens is 1. The summed E-state index contributed by atoms with van der Waals surface area (Å²) < 4.78 is 2.22. The minimum Gasteiger partial charge on any atom is -0.320 e. The lowest BCUT2D eigenvalue weighted by Gasteiger charge is -2.14. The Morgan fingerprint density at radius 1 is 1.11 bits per heavy atom. The van der Waals surface area contributed by atoms with Gasteiger partial charge in [-0.1, -0.05) is 24.4 Å². The normalized spacial score (nSPS) is 16.1. The number of benzene rings is 1. The largest absolute Gasteiger partial charge is 0.320 e. The Labute approximate surface area is 119 Å². The zero-order chi connectivity index (χ0) is 13.1. The summed E-state index contributed by atoms with van der Waals surface area (Å²) in [4.78, 5) is 0. The Balaban J connectivity index is 1.72. The Morgan fingerprint density at radius 2 is 1.84 bits per heavy atom. The van der Waals surface area contributed by atoms with Gasteiger partial charge >= 0.3 is 0 Å². The van der Waals surface area contributed by atoms with Gasteiger partial charge in [0.25, 0.3) is 0 Å². The zero-order valence-corrected chi connectivity index (χ0v) is 11.7. The van der Waals surface area contributed by atoms with E-state index in [1.165, 1.54) is 31.4 Å². The van der Waals surface area contributed by atoms with Gasteiger partial charge in [-0.05, 0) is 49.2 Å². The summed E-state index contributed by atoms with van der Waals surface area (Å²) in [5.74, 6) is 0. The number of nitrogens with zero attached hydrogens (tertiary/aromatic N) is 1. The molecule has 0 spiro atoms. The van der Waals surface area contributed by atoms with Crippen LogP contribution >= 0.6 is 11.6 Å². The van der Waals surface area contributed by atoms with Crippen LogP contribution in [-0.4, -0.2) is 10.6 Å². The fourth-order valence-electron chi connectivity index (χ4n) is 2.79. The smallest absolute Gasteiger partial charge is 0.0453 e. The Hall–Kier alpha value is -1.25. The molecule has 1 saturated carbocycles. The fourth-order valence-corrected chi connectivity index (χ4v) is 2.92. The van der Waals surface area contributed by atoms with Gasteiger partial charge in [0.1, 0.15) is 0 Å². The van der Waals surface area contributed by atoms with Crippen molar-refractivity contribution in [2.45, 2.75) is 38.3 Å². The first-order valence-electron chi connectivity index (χ1n) is 6.98. The molecule has 1 aliphatic rings. The molecule has 0 bridgehead atoms. The minimum absolute atomic E-state index is 0.702. The molecule has 1 N–H and O–H groups in total. The van der Waals surface area contributed by atoms with Crippen molar-refractivity contribution in [1.82, 2.24) is 9.88 Å². The van der Waals surface area contributed by atoms with Crippen molar-refractivity contribution < 1.29 is 0 Å². The highest BCUT2D eigenvalue weighted by atomic mass is 35.5. The maximum absolute atomic E-state index is 5.94. The maximum Gasteiger partial charge on any atom is 0.0453 e. The van der Waals surface area contributed by atoms with Crippen LogP contribution in [0.2, 0.25) is 5.02 Å². The zero-order valence-electron chi connectivity index (χ0n) is 11.0. The first-order valence-corrected chi connectivity index (χ1v) is 7.36. The SMILES string of the molecule is Clc1ccc(-n2cccc2CNC2CCCC2)cc1. The molecule has 1 aliphatic carbocycles. The van der Waals surface area contributed by atoms with E-state index in [1.54, 1.807) is 0 Å². The van der Waals surface area contributed by atoms with Crippen LogP contribution in [0.1, 0.15) is 31.4 Å². The molecule has 0 aliphatic heterocycles. The van der Waals surface area contributed by atoms with E-state index in [-0.39, 0.29) is 0 Å². The molecule has 1 aromatic carbocycles. The van der Waals surface area contributed by atoms with E-state index >= 15 is 0 Å². The number of nitrogens with one attached hydrogen (secondary N) is 1. The van der Waals surface area contributed by atoms with Gasteiger partial charge < -0.3 is 9.88 Å². The first kappa shape index (κ1) is 12.8. The van der Waals surface area contributed by atoms with Crippen molar-refractivity contribution in [2.24, 2.45) is 0 Å². The monoisotopic (exact) mass is 274 g/mol. The molecule has 100 valence electrons. The topological polar surface area (TPSA) is 17.0 Å². The summed E-state index contributed by atoms with van der Waals surface area (Å²) in [5.41, 5.74) is 2.46.